The molecule has 0 aliphatic heterocycles. The van der Waals surface area contributed by atoms with Crippen molar-refractivity contribution in [3.63, 3.8) is 0 Å². The van der Waals surface area contributed by atoms with Crippen molar-refractivity contribution in [3.05, 3.63) is 35.4 Å². The van der Waals surface area contributed by atoms with Gasteiger partial charge in [-0.05, 0) is 23.0 Å². The zero-order valence-electron chi connectivity index (χ0n) is 10.4. The van der Waals surface area contributed by atoms with Gasteiger partial charge < -0.3 is 10.1 Å². The van der Waals surface area contributed by atoms with E-state index in [0.717, 1.165) is 19.6 Å². The van der Waals surface area contributed by atoms with Crippen LogP contribution in [0.5, 0.6) is 0 Å². The minimum absolute atomic E-state index is 0.303. The van der Waals surface area contributed by atoms with Crippen LogP contribution in [-0.4, -0.2) is 20.3 Å². The molecule has 1 N–H and O–H groups in total. The molecule has 16 heavy (non-hydrogen) atoms. The molecule has 0 saturated carbocycles. The number of methoxy groups -OCH3 is 1. The van der Waals surface area contributed by atoms with Gasteiger partial charge in [0.25, 0.3) is 0 Å². The summed E-state index contributed by atoms with van der Waals surface area (Å²) >= 11 is 0. The largest absolute Gasteiger partial charge is 0.383 e. The van der Waals surface area contributed by atoms with Crippen LogP contribution < -0.4 is 5.32 Å². The van der Waals surface area contributed by atoms with Crippen molar-refractivity contribution in [2.24, 2.45) is 5.41 Å². The second kappa shape index (κ2) is 4.56. The van der Waals surface area contributed by atoms with Crippen LogP contribution in [0.15, 0.2) is 24.3 Å². The first-order valence-electron chi connectivity index (χ1n) is 5.95. The van der Waals surface area contributed by atoms with E-state index in [9.17, 15) is 0 Å². The van der Waals surface area contributed by atoms with Gasteiger partial charge in [-0.1, -0.05) is 38.1 Å². The zero-order valence-corrected chi connectivity index (χ0v) is 10.4. The highest BCUT2D eigenvalue weighted by atomic mass is 16.5. The maximum atomic E-state index is 5.10. The third kappa shape index (κ3) is 2.13. The minimum Gasteiger partial charge on any atom is -0.383 e. The third-order valence-electron chi connectivity index (χ3n) is 3.45. The molecule has 0 spiro atoms. The Morgan fingerprint density at radius 3 is 2.88 bits per heavy atom. The summed E-state index contributed by atoms with van der Waals surface area (Å²) < 4.78 is 5.10. The van der Waals surface area contributed by atoms with Gasteiger partial charge >= 0.3 is 0 Å². The summed E-state index contributed by atoms with van der Waals surface area (Å²) in [7, 11) is 1.75. The predicted octanol–water partition coefficient (Wildman–Crippen LogP) is 2.55. The molecule has 0 saturated heterocycles. The molecule has 1 aromatic rings. The molecular weight excluding hydrogens is 198 g/mol. The molecule has 2 heteroatoms. The molecule has 0 radical (unpaired) electrons. The lowest BCUT2D eigenvalue weighted by Crippen LogP contribution is -2.33. The van der Waals surface area contributed by atoms with Crippen LogP contribution in [0, 0.1) is 5.41 Å². The van der Waals surface area contributed by atoms with Gasteiger partial charge in [-0.3, -0.25) is 0 Å². The minimum atomic E-state index is 0.303. The van der Waals surface area contributed by atoms with Crippen molar-refractivity contribution in [2.45, 2.75) is 26.3 Å². The quantitative estimate of drug-likeness (QED) is 0.786. The van der Waals surface area contributed by atoms with Gasteiger partial charge in [0.1, 0.15) is 0 Å². The molecule has 0 aromatic heterocycles. The first-order valence-corrected chi connectivity index (χ1v) is 5.95. The number of benzene rings is 1. The Bertz CT molecular complexity index is 360. The van der Waals surface area contributed by atoms with Gasteiger partial charge in [-0.25, -0.2) is 0 Å². The summed E-state index contributed by atoms with van der Waals surface area (Å²) in [6.07, 6.45) is 1.16. The van der Waals surface area contributed by atoms with Gasteiger partial charge in [-0.2, -0.15) is 0 Å². The average Bonchev–Trinajstić information content (AvgIpc) is 2.50. The summed E-state index contributed by atoms with van der Waals surface area (Å²) in [6.45, 7) is 6.35. The van der Waals surface area contributed by atoms with E-state index in [2.05, 4.69) is 43.4 Å². The number of ether oxygens (including phenoxy) is 1. The third-order valence-corrected chi connectivity index (χ3v) is 3.45. The Kier molecular flexibility index (Phi) is 3.31. The standard InChI is InChI=1S/C14H21NO/c1-14(2)10-11-6-4-5-7-12(11)13(14)15-8-9-16-3/h4-7,13,15H,8-10H2,1-3H3. The first kappa shape index (κ1) is 11.6. The topological polar surface area (TPSA) is 21.3 Å². The maximum Gasteiger partial charge on any atom is 0.0587 e. The Morgan fingerprint density at radius 1 is 1.38 bits per heavy atom. The molecule has 0 amide bonds. The van der Waals surface area contributed by atoms with Gasteiger partial charge in [0.15, 0.2) is 0 Å². The number of rotatable bonds is 4. The van der Waals surface area contributed by atoms with Crippen LogP contribution in [0.3, 0.4) is 0 Å². The van der Waals surface area contributed by atoms with Crippen molar-refractivity contribution in [1.29, 1.82) is 0 Å². The molecule has 0 heterocycles. The molecule has 0 bridgehead atoms. The Balaban J connectivity index is 2.15. The van der Waals surface area contributed by atoms with E-state index < -0.39 is 0 Å². The summed E-state index contributed by atoms with van der Waals surface area (Å²) in [4.78, 5) is 0. The van der Waals surface area contributed by atoms with E-state index in [1.54, 1.807) is 7.11 Å². The van der Waals surface area contributed by atoms with Crippen LogP contribution >= 0.6 is 0 Å². The highest BCUT2D eigenvalue weighted by Gasteiger charge is 2.37. The number of fused-ring (bicyclic) bond motifs is 1. The molecule has 88 valence electrons. The van der Waals surface area contributed by atoms with Crippen molar-refractivity contribution < 1.29 is 4.74 Å². The fourth-order valence-electron chi connectivity index (χ4n) is 2.68. The number of nitrogens with one attached hydrogen (secondary N) is 1. The highest BCUT2D eigenvalue weighted by molar-refractivity contribution is 5.37. The lowest BCUT2D eigenvalue weighted by molar-refractivity contribution is 0.182. The lowest BCUT2D eigenvalue weighted by atomic mass is 9.85. The number of hydrogen-bond acceptors (Lipinski definition) is 2. The van der Waals surface area contributed by atoms with E-state index in [0.29, 0.717) is 11.5 Å². The van der Waals surface area contributed by atoms with E-state index in [1.807, 2.05) is 0 Å². The normalized spacial score (nSPS) is 22.1. The SMILES string of the molecule is COCCNC1c2ccccc2CC1(C)C. The van der Waals surface area contributed by atoms with Gasteiger partial charge in [0.2, 0.25) is 0 Å². The van der Waals surface area contributed by atoms with Crippen LogP contribution in [0.2, 0.25) is 0 Å². The summed E-state index contributed by atoms with van der Waals surface area (Å²) in [6, 6.07) is 9.21. The monoisotopic (exact) mass is 219 g/mol. The fourth-order valence-corrected chi connectivity index (χ4v) is 2.68. The van der Waals surface area contributed by atoms with Crippen LogP contribution in [-0.2, 0) is 11.2 Å². The van der Waals surface area contributed by atoms with E-state index in [-0.39, 0.29) is 0 Å². The Labute approximate surface area is 98.0 Å². The maximum absolute atomic E-state index is 5.10. The predicted molar refractivity (Wildman–Crippen MR) is 66.5 cm³/mol. The van der Waals surface area contributed by atoms with E-state index >= 15 is 0 Å². The molecular formula is C14H21NO. The Morgan fingerprint density at radius 2 is 2.12 bits per heavy atom. The molecule has 0 fully saturated rings. The average molecular weight is 219 g/mol. The van der Waals surface area contributed by atoms with Crippen molar-refractivity contribution >= 4 is 0 Å². The zero-order chi connectivity index (χ0) is 11.6. The van der Waals surface area contributed by atoms with E-state index in [4.69, 9.17) is 4.74 Å². The highest BCUT2D eigenvalue weighted by Crippen LogP contribution is 2.44. The lowest BCUT2D eigenvalue weighted by Gasteiger charge is -2.28. The summed E-state index contributed by atoms with van der Waals surface area (Å²) in [5, 5.41) is 3.60. The fraction of sp³-hybridized carbons (Fsp3) is 0.571. The van der Waals surface area contributed by atoms with Crippen molar-refractivity contribution in [2.75, 3.05) is 20.3 Å². The van der Waals surface area contributed by atoms with Crippen LogP contribution in [0.1, 0.15) is 31.0 Å². The molecule has 1 atom stereocenters. The second-order valence-corrected chi connectivity index (χ2v) is 5.24. The van der Waals surface area contributed by atoms with E-state index in [1.165, 1.54) is 11.1 Å². The first-order chi connectivity index (χ1) is 7.65. The molecule has 1 aliphatic carbocycles. The molecule has 1 unspecified atom stereocenters. The van der Waals surface area contributed by atoms with Crippen molar-refractivity contribution in [3.8, 4) is 0 Å². The Hall–Kier alpha value is -0.860. The molecule has 2 nitrogen and oxygen atoms in total. The summed E-state index contributed by atoms with van der Waals surface area (Å²) in [5.41, 5.74) is 3.25. The molecule has 2 rings (SSSR count). The van der Waals surface area contributed by atoms with Gasteiger partial charge in [0, 0.05) is 19.7 Å². The second-order valence-electron chi connectivity index (χ2n) is 5.24. The molecule has 1 aliphatic rings. The number of hydrogen-bond donors (Lipinski definition) is 1. The van der Waals surface area contributed by atoms with Gasteiger partial charge in [0.05, 0.1) is 6.61 Å². The van der Waals surface area contributed by atoms with Crippen molar-refractivity contribution in [1.82, 2.24) is 5.32 Å². The van der Waals surface area contributed by atoms with Crippen LogP contribution in [0.4, 0.5) is 0 Å². The smallest absolute Gasteiger partial charge is 0.0587 e. The molecule has 1 aromatic carbocycles. The summed E-state index contributed by atoms with van der Waals surface area (Å²) in [5.74, 6) is 0. The van der Waals surface area contributed by atoms with Crippen LogP contribution in [0.25, 0.3) is 0 Å². The van der Waals surface area contributed by atoms with Gasteiger partial charge in [-0.15, -0.1) is 0 Å².